The van der Waals surface area contributed by atoms with Gasteiger partial charge in [0.2, 0.25) is 0 Å². The molecule has 1 heterocycles. The van der Waals surface area contributed by atoms with Crippen molar-refractivity contribution in [2.24, 2.45) is 0 Å². The number of furan rings is 1. The van der Waals surface area contributed by atoms with Gasteiger partial charge in [-0.2, -0.15) is 0 Å². The highest BCUT2D eigenvalue weighted by molar-refractivity contribution is 6.23. The fourth-order valence-electron chi connectivity index (χ4n) is 6.32. The van der Waals surface area contributed by atoms with Gasteiger partial charge in [0.05, 0.1) is 13.7 Å². The molecule has 0 atom stereocenters. The summed E-state index contributed by atoms with van der Waals surface area (Å²) in [7, 11) is 0. The number of hydrogen-bond acceptors (Lipinski definition) is 1. The van der Waals surface area contributed by atoms with Crippen molar-refractivity contribution in [3.8, 4) is 33.4 Å². The molecule has 0 aliphatic heterocycles. The first-order valence-corrected chi connectivity index (χ1v) is 14.0. The van der Waals surface area contributed by atoms with E-state index in [1.54, 1.807) is 6.07 Å². The molecule has 9 rings (SSSR count). The van der Waals surface area contributed by atoms with Gasteiger partial charge in [0.1, 0.15) is 11.2 Å². The summed E-state index contributed by atoms with van der Waals surface area (Å²) in [4.78, 5) is 0. The molecule has 0 saturated carbocycles. The summed E-state index contributed by atoms with van der Waals surface area (Å²) in [6.07, 6.45) is 0. The summed E-state index contributed by atoms with van der Waals surface area (Å²) in [6, 6.07) is 26.9. The predicted octanol–water partition coefficient (Wildman–Crippen LogP) is 12.0. The minimum atomic E-state index is -0.456. The lowest BCUT2D eigenvalue weighted by atomic mass is 9.85. The topological polar surface area (TPSA) is 13.1 Å². The lowest BCUT2D eigenvalue weighted by molar-refractivity contribution is 0.673. The maximum Gasteiger partial charge on any atom is 0.143 e. The molecule has 0 unspecified atom stereocenters. The van der Waals surface area contributed by atoms with Crippen molar-refractivity contribution in [2.45, 2.75) is 0 Å². The Morgan fingerprint density at radius 2 is 1.00 bits per heavy atom. The summed E-state index contributed by atoms with van der Waals surface area (Å²) in [5, 5.41) is 4.42. The number of rotatable bonds is 3. The lowest BCUT2D eigenvalue weighted by Gasteiger charge is -2.17. The van der Waals surface area contributed by atoms with Crippen molar-refractivity contribution in [2.75, 3.05) is 0 Å². The van der Waals surface area contributed by atoms with E-state index in [0.717, 1.165) is 21.9 Å². The van der Waals surface area contributed by atoms with Crippen molar-refractivity contribution in [3.63, 3.8) is 0 Å². The van der Waals surface area contributed by atoms with Crippen molar-refractivity contribution in [1.29, 1.82) is 0 Å². The molecule has 0 amide bonds. The van der Waals surface area contributed by atoms with E-state index in [0.29, 0.717) is 43.8 Å². The quantitative estimate of drug-likeness (QED) is 0.197. The van der Waals surface area contributed by atoms with E-state index in [4.69, 9.17) is 16.8 Å². The van der Waals surface area contributed by atoms with Crippen LogP contribution in [-0.4, -0.2) is 0 Å². The van der Waals surface area contributed by atoms with Crippen molar-refractivity contribution in [1.82, 2.24) is 0 Å². The Balaban J connectivity index is 1.42. The zero-order chi connectivity index (χ0) is 37.0. The van der Waals surface area contributed by atoms with Crippen LogP contribution in [0, 0.1) is 0 Å². The molecule has 1 aromatic heterocycles. The van der Waals surface area contributed by atoms with Crippen LogP contribution in [0.25, 0.3) is 87.6 Å². The highest BCUT2D eigenvalue weighted by atomic mass is 16.3. The third kappa shape index (κ3) is 3.65. The van der Waals surface area contributed by atoms with Crippen LogP contribution in [0.2, 0.25) is 0 Å². The lowest BCUT2D eigenvalue weighted by Crippen LogP contribution is -1.90. The number of hydrogen-bond donors (Lipinski definition) is 0. The van der Waals surface area contributed by atoms with Crippen LogP contribution < -0.4 is 0 Å². The van der Waals surface area contributed by atoms with Crippen LogP contribution in [0.15, 0.2) is 162 Å². The second-order valence-corrected chi connectivity index (χ2v) is 10.5. The highest BCUT2D eigenvalue weighted by Gasteiger charge is 2.19. The molecule has 0 fully saturated rings. The molecule has 0 aliphatic rings. The minimum absolute atomic E-state index is 0.0749. The summed E-state index contributed by atoms with van der Waals surface area (Å²) in [5.41, 5.74) is 3.93. The largest absolute Gasteiger partial charge is 0.455 e. The van der Waals surface area contributed by atoms with Crippen LogP contribution in [0.1, 0.15) is 13.7 Å². The van der Waals surface area contributed by atoms with Gasteiger partial charge in [-0.15, -0.1) is 0 Å². The Morgan fingerprint density at radius 3 is 1.67 bits per heavy atom. The number of benzene rings is 8. The monoisotopic (exact) mass is 556 g/mol. The molecule has 0 bridgehead atoms. The molecule has 1 heteroatoms. The average molecular weight is 557 g/mol. The van der Waals surface area contributed by atoms with E-state index in [9.17, 15) is 1.37 Å². The van der Waals surface area contributed by atoms with Crippen molar-refractivity contribution >= 4 is 54.3 Å². The minimum Gasteiger partial charge on any atom is -0.455 e. The molecular weight excluding hydrogens is 520 g/mol. The molecule has 0 spiro atoms. The van der Waals surface area contributed by atoms with Crippen molar-refractivity contribution < 1.29 is 18.1 Å². The highest BCUT2D eigenvalue weighted by Crippen LogP contribution is 2.45. The van der Waals surface area contributed by atoms with E-state index in [-0.39, 0.29) is 64.2 Å². The van der Waals surface area contributed by atoms with Crippen LogP contribution in [0.5, 0.6) is 0 Å². The average Bonchev–Trinajstić information content (AvgIpc) is 3.56. The SMILES string of the molecule is [2H]c1c([2H])c([2H])c(-c2c3ccccc3c(-c3ccc4oc5c6c([2H])c([2H])c([2H])c([2H])c6c(-c6ccccc6)c([2H])c5c4c3)c3ccccc23)c([2H])c1[2H]. The van der Waals surface area contributed by atoms with Gasteiger partial charge >= 0.3 is 0 Å². The van der Waals surface area contributed by atoms with Crippen molar-refractivity contribution in [3.05, 3.63) is 157 Å². The van der Waals surface area contributed by atoms with E-state index < -0.39 is 18.1 Å². The Bertz CT molecular complexity index is 2970. The predicted molar refractivity (Wildman–Crippen MR) is 183 cm³/mol. The molecular formula is C42H26O. The second kappa shape index (κ2) is 9.44. The van der Waals surface area contributed by atoms with Crippen LogP contribution >= 0.6 is 0 Å². The molecule has 0 aliphatic carbocycles. The first-order valence-electron chi connectivity index (χ1n) is 19.0. The Morgan fingerprint density at radius 1 is 0.419 bits per heavy atom. The Hall–Kier alpha value is -5.66. The Kier molecular flexibility index (Phi) is 3.53. The third-order valence-corrected chi connectivity index (χ3v) is 8.14. The summed E-state index contributed by atoms with van der Waals surface area (Å²) < 4.78 is 93.6. The van der Waals surface area contributed by atoms with Gasteiger partial charge in [-0.25, -0.2) is 0 Å². The van der Waals surface area contributed by atoms with Gasteiger partial charge in [-0.1, -0.05) is 139 Å². The van der Waals surface area contributed by atoms with Crippen LogP contribution in [0.4, 0.5) is 0 Å². The van der Waals surface area contributed by atoms with E-state index in [1.165, 1.54) is 0 Å². The zero-order valence-electron chi connectivity index (χ0n) is 32.6. The van der Waals surface area contributed by atoms with E-state index in [2.05, 4.69) is 0 Å². The zero-order valence-corrected chi connectivity index (χ0v) is 22.6. The van der Waals surface area contributed by atoms with Gasteiger partial charge in [-0.3, -0.25) is 0 Å². The third-order valence-electron chi connectivity index (χ3n) is 8.14. The van der Waals surface area contributed by atoms with E-state index in [1.807, 2.05) is 91.0 Å². The maximum atomic E-state index is 9.61. The summed E-state index contributed by atoms with van der Waals surface area (Å²) >= 11 is 0. The van der Waals surface area contributed by atoms with Gasteiger partial charge in [0.15, 0.2) is 0 Å². The first-order chi connectivity index (χ1) is 25.5. The molecule has 43 heavy (non-hydrogen) atoms. The fourth-order valence-corrected chi connectivity index (χ4v) is 6.32. The van der Waals surface area contributed by atoms with Gasteiger partial charge < -0.3 is 4.42 Å². The van der Waals surface area contributed by atoms with Gasteiger partial charge in [0, 0.05) is 16.2 Å². The van der Waals surface area contributed by atoms with Gasteiger partial charge in [-0.05, 0) is 78.5 Å². The fraction of sp³-hybridized carbons (Fsp3) is 0. The normalized spacial score (nSPS) is 15.0. The Labute approximate surface area is 263 Å². The van der Waals surface area contributed by atoms with Crippen LogP contribution in [-0.2, 0) is 0 Å². The molecule has 0 N–H and O–H groups in total. The molecule has 8 aromatic carbocycles. The summed E-state index contributed by atoms with van der Waals surface area (Å²) in [6.45, 7) is 0. The van der Waals surface area contributed by atoms with Gasteiger partial charge in [0.25, 0.3) is 0 Å². The summed E-state index contributed by atoms with van der Waals surface area (Å²) in [5.74, 6) is 0. The smallest absolute Gasteiger partial charge is 0.143 e. The standard InChI is InChI=1S/C42H26O/c1-3-13-27(14-4-1)36-26-38-37-25-29(23-24-39(37)43-42(38)35-22-12-7-17-30(35)36)41-33-20-10-8-18-31(33)40(28-15-5-2-6-16-28)32-19-9-11-21-34(32)41/h1-26H/i2D,5D,6D,7D,12D,15D,16D,17D,22D,26D. The second-order valence-electron chi connectivity index (χ2n) is 10.5. The maximum absolute atomic E-state index is 9.61. The molecule has 1 nitrogen and oxygen atoms in total. The molecule has 0 radical (unpaired) electrons. The first kappa shape index (κ1) is 16.1. The molecule has 0 saturated heterocycles. The molecule has 200 valence electrons. The molecule has 9 aromatic rings. The van der Waals surface area contributed by atoms with E-state index >= 15 is 0 Å². The number of fused-ring (bicyclic) bond motifs is 7. The van der Waals surface area contributed by atoms with Crippen LogP contribution in [0.3, 0.4) is 0 Å².